The fourth-order valence-electron chi connectivity index (χ4n) is 4.14. The number of aryl methyl sites for hydroxylation is 1. The van der Waals surface area contributed by atoms with E-state index in [0.29, 0.717) is 42.5 Å². The van der Waals surface area contributed by atoms with Crippen LogP contribution in [0.1, 0.15) is 28.6 Å². The highest BCUT2D eigenvalue weighted by atomic mass is 16.6. The van der Waals surface area contributed by atoms with Gasteiger partial charge in [-0.25, -0.2) is 0 Å². The number of ether oxygens (including phenoxy) is 2. The minimum atomic E-state index is -0.535. The lowest BCUT2D eigenvalue weighted by atomic mass is 10.1. The normalized spacial score (nSPS) is 15.4. The molecule has 0 radical (unpaired) electrons. The van der Waals surface area contributed by atoms with Gasteiger partial charge in [-0.1, -0.05) is 25.1 Å². The summed E-state index contributed by atoms with van der Waals surface area (Å²) < 4.78 is 17.2. The first-order valence-electron chi connectivity index (χ1n) is 10.0. The summed E-state index contributed by atoms with van der Waals surface area (Å²) in [4.78, 5) is 28.8. The Balaban J connectivity index is 1.43. The van der Waals surface area contributed by atoms with Gasteiger partial charge in [0.1, 0.15) is 24.6 Å². The number of benzene rings is 2. The monoisotopic (exact) mass is 406 g/mol. The molecule has 0 N–H and O–H groups in total. The van der Waals surface area contributed by atoms with E-state index in [4.69, 9.17) is 13.9 Å². The zero-order chi connectivity index (χ0) is 20.8. The van der Waals surface area contributed by atoms with Crippen LogP contribution in [0.15, 0.2) is 40.8 Å². The molecule has 0 fully saturated rings. The van der Waals surface area contributed by atoms with Gasteiger partial charge in [-0.2, -0.15) is 0 Å². The van der Waals surface area contributed by atoms with Crippen molar-refractivity contribution in [3.05, 3.63) is 53.3 Å². The number of para-hydroxylation sites is 1. The van der Waals surface area contributed by atoms with Gasteiger partial charge >= 0.3 is 5.91 Å². The summed E-state index contributed by atoms with van der Waals surface area (Å²) in [5.41, 5.74) is 2.89. The maximum Gasteiger partial charge on any atom is 0.300 e. The molecule has 3 heterocycles. The lowest BCUT2D eigenvalue weighted by Crippen LogP contribution is -2.39. The molecule has 0 aliphatic carbocycles. The number of amides is 1. The van der Waals surface area contributed by atoms with Crippen LogP contribution in [0.3, 0.4) is 0 Å². The van der Waals surface area contributed by atoms with Crippen molar-refractivity contribution in [3.63, 3.8) is 0 Å². The van der Waals surface area contributed by atoms with E-state index in [1.165, 1.54) is 4.90 Å². The Morgan fingerprint density at radius 3 is 2.57 bits per heavy atom. The minimum Gasteiger partial charge on any atom is -0.486 e. The Bertz CT molecular complexity index is 1170. The van der Waals surface area contributed by atoms with Crippen LogP contribution in [0.5, 0.6) is 11.5 Å². The summed E-state index contributed by atoms with van der Waals surface area (Å²) in [6.07, 6.45) is 0.783. The number of carbonyl (C=O) groups excluding carboxylic acids is 2. The molecular formula is C23H22N2O5. The van der Waals surface area contributed by atoms with E-state index in [-0.39, 0.29) is 6.67 Å². The number of rotatable bonds is 5. The molecule has 7 heteroatoms. The first-order chi connectivity index (χ1) is 14.6. The Morgan fingerprint density at radius 2 is 1.80 bits per heavy atom. The average Bonchev–Trinajstić information content (AvgIpc) is 3.23. The molecule has 5 rings (SSSR count). The second-order valence-corrected chi connectivity index (χ2v) is 7.58. The molecule has 0 bridgehead atoms. The van der Waals surface area contributed by atoms with Crippen LogP contribution in [0.4, 0.5) is 5.69 Å². The number of nitrogens with zero attached hydrogens (tertiary/aromatic N) is 2. The largest absolute Gasteiger partial charge is 0.486 e. The van der Waals surface area contributed by atoms with E-state index in [9.17, 15) is 9.59 Å². The second kappa shape index (κ2) is 7.18. The Kier molecular flexibility index (Phi) is 4.47. The topological polar surface area (TPSA) is 72.2 Å². The zero-order valence-electron chi connectivity index (χ0n) is 16.9. The van der Waals surface area contributed by atoms with Crippen LogP contribution in [-0.2, 0) is 17.8 Å². The third-order valence-electron chi connectivity index (χ3n) is 5.55. The summed E-state index contributed by atoms with van der Waals surface area (Å²) in [7, 11) is 1.93. The summed E-state index contributed by atoms with van der Waals surface area (Å²) in [5.74, 6) is 0.954. The van der Waals surface area contributed by atoms with Crippen LogP contribution < -0.4 is 14.4 Å². The third kappa shape index (κ3) is 2.93. The van der Waals surface area contributed by atoms with Gasteiger partial charge in [0.15, 0.2) is 11.5 Å². The molecule has 1 aromatic heterocycles. The van der Waals surface area contributed by atoms with Gasteiger partial charge in [0.2, 0.25) is 0 Å². The maximum atomic E-state index is 12.7. The number of hydrogen-bond donors (Lipinski definition) is 0. The van der Waals surface area contributed by atoms with Crippen molar-refractivity contribution in [2.24, 2.45) is 0 Å². The number of anilines is 1. The number of ketones is 1. The number of fused-ring (bicyclic) bond motifs is 3. The van der Waals surface area contributed by atoms with E-state index in [0.717, 1.165) is 28.7 Å². The first kappa shape index (κ1) is 18.7. The summed E-state index contributed by atoms with van der Waals surface area (Å²) in [5, 5.41) is 1.07. The molecule has 154 valence electrons. The standard InChI is InChI=1S/C23H22N2O5/c1-3-18-16(14-6-4-5-7-19(14)30-18)12-24(2)13-25-17-11-21-20(28-8-9-29-21)10-15(17)22(26)23(25)27/h4-7,10-11H,3,8-9,12-13H2,1-2H3. The molecule has 2 aliphatic rings. The smallest absolute Gasteiger partial charge is 0.300 e. The minimum absolute atomic E-state index is 0.278. The van der Waals surface area contributed by atoms with Crippen molar-refractivity contribution in [3.8, 4) is 11.5 Å². The summed E-state index contributed by atoms with van der Waals surface area (Å²) in [6, 6.07) is 11.3. The van der Waals surface area contributed by atoms with E-state index >= 15 is 0 Å². The SMILES string of the molecule is CCc1oc2ccccc2c1CN(C)CN1C(=O)C(=O)c2cc3c(cc21)OCCO3. The van der Waals surface area contributed by atoms with Gasteiger partial charge in [0, 0.05) is 30.0 Å². The van der Waals surface area contributed by atoms with Gasteiger partial charge in [-0.05, 0) is 19.2 Å². The van der Waals surface area contributed by atoms with Crippen LogP contribution in [-0.4, -0.2) is 43.5 Å². The Labute approximate surface area is 173 Å². The summed E-state index contributed by atoms with van der Waals surface area (Å²) in [6.45, 7) is 3.81. The lowest BCUT2D eigenvalue weighted by molar-refractivity contribution is -0.114. The Morgan fingerprint density at radius 1 is 1.07 bits per heavy atom. The first-order valence-corrected chi connectivity index (χ1v) is 10.0. The molecular weight excluding hydrogens is 384 g/mol. The van der Waals surface area contributed by atoms with Crippen molar-refractivity contribution in [1.82, 2.24) is 4.90 Å². The predicted octanol–water partition coefficient (Wildman–Crippen LogP) is 3.39. The van der Waals surface area contributed by atoms with E-state index in [2.05, 4.69) is 6.92 Å². The molecule has 1 amide bonds. The molecule has 0 saturated heterocycles. The fraction of sp³-hybridized carbons (Fsp3) is 0.304. The fourth-order valence-corrected chi connectivity index (χ4v) is 4.14. The van der Waals surface area contributed by atoms with E-state index in [1.807, 2.05) is 36.2 Å². The van der Waals surface area contributed by atoms with E-state index in [1.54, 1.807) is 12.1 Å². The number of furan rings is 1. The molecule has 0 saturated carbocycles. The van der Waals surface area contributed by atoms with Crippen molar-refractivity contribution < 1.29 is 23.5 Å². The molecule has 0 unspecified atom stereocenters. The predicted molar refractivity (Wildman–Crippen MR) is 111 cm³/mol. The van der Waals surface area contributed by atoms with Gasteiger partial charge in [-0.15, -0.1) is 0 Å². The molecule has 2 aliphatic heterocycles. The highest BCUT2D eigenvalue weighted by Gasteiger charge is 2.38. The maximum absolute atomic E-state index is 12.7. The quantitative estimate of drug-likeness (QED) is 0.605. The molecule has 7 nitrogen and oxygen atoms in total. The number of hydrogen-bond acceptors (Lipinski definition) is 6. The van der Waals surface area contributed by atoms with Gasteiger partial charge in [-0.3, -0.25) is 19.4 Å². The van der Waals surface area contributed by atoms with Gasteiger partial charge in [0.05, 0.1) is 17.9 Å². The van der Waals surface area contributed by atoms with Gasteiger partial charge < -0.3 is 13.9 Å². The highest BCUT2D eigenvalue weighted by Crippen LogP contribution is 2.40. The van der Waals surface area contributed by atoms with Crippen LogP contribution >= 0.6 is 0 Å². The van der Waals surface area contributed by atoms with Crippen molar-refractivity contribution in [2.75, 3.05) is 31.8 Å². The average molecular weight is 406 g/mol. The van der Waals surface area contributed by atoms with Gasteiger partial charge in [0.25, 0.3) is 5.78 Å². The Hall–Kier alpha value is -3.32. The number of carbonyl (C=O) groups is 2. The van der Waals surface area contributed by atoms with E-state index < -0.39 is 11.7 Å². The van der Waals surface area contributed by atoms with Crippen LogP contribution in [0, 0.1) is 0 Å². The van der Waals surface area contributed by atoms with Crippen molar-refractivity contribution >= 4 is 28.3 Å². The highest BCUT2D eigenvalue weighted by molar-refractivity contribution is 6.52. The molecule has 3 aromatic rings. The molecule has 30 heavy (non-hydrogen) atoms. The van der Waals surface area contributed by atoms with Crippen LogP contribution in [0.2, 0.25) is 0 Å². The van der Waals surface area contributed by atoms with Crippen molar-refractivity contribution in [1.29, 1.82) is 0 Å². The lowest BCUT2D eigenvalue weighted by Gasteiger charge is -2.25. The van der Waals surface area contributed by atoms with Crippen LogP contribution in [0.25, 0.3) is 11.0 Å². The number of Topliss-reactive ketones (excluding diaryl/α,β-unsaturated/α-hetero) is 1. The molecule has 0 atom stereocenters. The summed E-state index contributed by atoms with van der Waals surface area (Å²) >= 11 is 0. The van der Waals surface area contributed by atoms with Crippen molar-refractivity contribution in [2.45, 2.75) is 19.9 Å². The molecule has 2 aromatic carbocycles. The zero-order valence-corrected chi connectivity index (χ0v) is 16.9. The molecule has 0 spiro atoms. The second-order valence-electron chi connectivity index (χ2n) is 7.58. The third-order valence-corrected chi connectivity index (χ3v) is 5.55.